The van der Waals surface area contributed by atoms with Gasteiger partial charge in [-0.25, -0.2) is 4.79 Å². The average molecular weight is 342 g/mol. The highest BCUT2D eigenvalue weighted by Crippen LogP contribution is 2.25. The molecule has 1 aliphatic rings. The lowest BCUT2D eigenvalue weighted by Crippen LogP contribution is -2.55. The number of piperidine rings is 1. The van der Waals surface area contributed by atoms with Gasteiger partial charge in [0.1, 0.15) is 5.75 Å². The third kappa shape index (κ3) is 3.95. The lowest BCUT2D eigenvalue weighted by molar-refractivity contribution is -0.160. The first-order chi connectivity index (χ1) is 11.0. The summed E-state index contributed by atoms with van der Waals surface area (Å²) in [5.41, 5.74) is 0.633. The predicted molar refractivity (Wildman–Crippen MR) is 84.5 cm³/mol. The largest absolute Gasteiger partial charge is 0.496 e. The molecule has 0 bridgehead atoms. The van der Waals surface area contributed by atoms with Gasteiger partial charge in [-0.05, 0) is 31.0 Å². The summed E-state index contributed by atoms with van der Waals surface area (Å²) in [4.78, 5) is 25.9. The van der Waals surface area contributed by atoms with Gasteiger partial charge in [-0.3, -0.25) is 4.79 Å². The van der Waals surface area contributed by atoms with Crippen LogP contribution in [0.15, 0.2) is 18.2 Å². The molecule has 0 saturated carbocycles. The number of aliphatic hydroxyl groups excluding tert-OH is 1. The fourth-order valence-electron chi connectivity index (χ4n) is 2.81. The highest BCUT2D eigenvalue weighted by atomic mass is 35.5. The number of carbonyl (C=O) groups excluding carboxylic acids is 2. The summed E-state index contributed by atoms with van der Waals surface area (Å²) >= 11 is 5.97. The normalized spacial score (nSPS) is 21.0. The molecule has 1 aliphatic heterocycles. The van der Waals surface area contributed by atoms with Crippen molar-refractivity contribution in [3.05, 3.63) is 28.8 Å². The number of esters is 1. The Balaban J connectivity index is 2.21. The van der Waals surface area contributed by atoms with Gasteiger partial charge in [0.25, 0.3) is 0 Å². The van der Waals surface area contributed by atoms with Crippen molar-refractivity contribution < 1.29 is 24.2 Å². The SMILES string of the molecule is COC(=O)[C@@H]1[C@H](O)CCCN1C(=O)Cc1cc(Cl)ccc1OC. The summed E-state index contributed by atoms with van der Waals surface area (Å²) in [6, 6.07) is 4.06. The molecule has 1 amide bonds. The number of rotatable bonds is 4. The number of halogens is 1. The van der Waals surface area contributed by atoms with E-state index in [0.29, 0.717) is 35.7 Å². The van der Waals surface area contributed by atoms with Gasteiger partial charge in [0, 0.05) is 17.1 Å². The molecule has 0 radical (unpaired) electrons. The van der Waals surface area contributed by atoms with Crippen LogP contribution in [0.5, 0.6) is 5.75 Å². The summed E-state index contributed by atoms with van der Waals surface area (Å²) in [6.45, 7) is 0.401. The summed E-state index contributed by atoms with van der Waals surface area (Å²) < 4.78 is 9.95. The zero-order chi connectivity index (χ0) is 17.0. The number of carbonyl (C=O) groups is 2. The second kappa shape index (κ2) is 7.66. The van der Waals surface area contributed by atoms with E-state index in [1.54, 1.807) is 18.2 Å². The van der Waals surface area contributed by atoms with Crippen molar-refractivity contribution in [1.82, 2.24) is 4.90 Å². The molecule has 1 fully saturated rings. The van der Waals surface area contributed by atoms with Crippen molar-refractivity contribution in [2.75, 3.05) is 20.8 Å². The first-order valence-corrected chi connectivity index (χ1v) is 7.73. The van der Waals surface area contributed by atoms with Crippen molar-refractivity contribution in [3.63, 3.8) is 0 Å². The van der Waals surface area contributed by atoms with Crippen molar-refractivity contribution in [2.45, 2.75) is 31.4 Å². The molecule has 23 heavy (non-hydrogen) atoms. The van der Waals surface area contributed by atoms with E-state index in [0.717, 1.165) is 0 Å². The van der Waals surface area contributed by atoms with Gasteiger partial charge in [0.05, 0.1) is 26.7 Å². The van der Waals surface area contributed by atoms with Gasteiger partial charge >= 0.3 is 5.97 Å². The quantitative estimate of drug-likeness (QED) is 0.838. The number of methoxy groups -OCH3 is 2. The summed E-state index contributed by atoms with van der Waals surface area (Å²) in [5.74, 6) is -0.335. The molecule has 1 aromatic rings. The molecule has 0 spiro atoms. The third-order valence-electron chi connectivity index (χ3n) is 3.95. The molecule has 6 nitrogen and oxygen atoms in total. The number of nitrogens with zero attached hydrogens (tertiary/aromatic N) is 1. The third-order valence-corrected chi connectivity index (χ3v) is 4.18. The highest BCUT2D eigenvalue weighted by molar-refractivity contribution is 6.30. The Morgan fingerprint density at radius 2 is 2.13 bits per heavy atom. The van der Waals surface area contributed by atoms with E-state index in [1.165, 1.54) is 19.1 Å². The van der Waals surface area contributed by atoms with Crippen molar-refractivity contribution in [3.8, 4) is 5.75 Å². The molecule has 2 atom stereocenters. The standard InChI is InChI=1S/C16H20ClNO5/c1-22-13-6-5-11(17)8-10(13)9-14(20)18-7-3-4-12(19)15(18)16(21)23-2/h5-6,8,12,15,19H,3-4,7,9H2,1-2H3/t12-,15+/m1/s1. The first kappa shape index (κ1) is 17.6. The number of hydrogen-bond donors (Lipinski definition) is 1. The minimum atomic E-state index is -0.966. The number of hydrogen-bond acceptors (Lipinski definition) is 5. The van der Waals surface area contributed by atoms with E-state index >= 15 is 0 Å². The van der Waals surface area contributed by atoms with E-state index in [1.807, 2.05) is 0 Å². The van der Waals surface area contributed by atoms with Crippen LogP contribution in [0.3, 0.4) is 0 Å². The van der Waals surface area contributed by atoms with Gasteiger partial charge in [0.15, 0.2) is 6.04 Å². The Bertz CT molecular complexity index is 592. The highest BCUT2D eigenvalue weighted by Gasteiger charge is 2.39. The van der Waals surface area contributed by atoms with Gasteiger partial charge in [-0.1, -0.05) is 11.6 Å². The van der Waals surface area contributed by atoms with Gasteiger partial charge < -0.3 is 19.5 Å². The maximum atomic E-state index is 12.6. The summed E-state index contributed by atoms with van der Waals surface area (Å²) in [6.07, 6.45) is 0.211. The lowest BCUT2D eigenvalue weighted by Gasteiger charge is -2.37. The maximum Gasteiger partial charge on any atom is 0.331 e. The van der Waals surface area contributed by atoms with Crippen LogP contribution in [-0.4, -0.2) is 54.8 Å². The number of benzene rings is 1. The Hall–Kier alpha value is -1.79. The van der Waals surface area contributed by atoms with Crippen LogP contribution in [0.1, 0.15) is 18.4 Å². The topological polar surface area (TPSA) is 76.1 Å². The molecule has 7 heteroatoms. The van der Waals surface area contributed by atoms with E-state index in [4.69, 9.17) is 21.1 Å². The zero-order valence-corrected chi connectivity index (χ0v) is 13.9. The number of aliphatic hydroxyl groups is 1. The summed E-state index contributed by atoms with van der Waals surface area (Å²) in [5, 5.41) is 10.6. The Morgan fingerprint density at radius 3 is 2.78 bits per heavy atom. The van der Waals surface area contributed by atoms with Crippen molar-refractivity contribution in [1.29, 1.82) is 0 Å². The van der Waals surface area contributed by atoms with Crippen LogP contribution in [-0.2, 0) is 20.7 Å². The van der Waals surface area contributed by atoms with E-state index in [-0.39, 0.29) is 12.3 Å². The fraction of sp³-hybridized carbons (Fsp3) is 0.500. The van der Waals surface area contributed by atoms with Crippen LogP contribution >= 0.6 is 11.6 Å². The number of likely N-dealkylation sites (tertiary alicyclic amines) is 1. The van der Waals surface area contributed by atoms with Gasteiger partial charge in [0.2, 0.25) is 5.91 Å². The van der Waals surface area contributed by atoms with E-state index < -0.39 is 18.1 Å². The monoisotopic (exact) mass is 341 g/mol. The van der Waals surface area contributed by atoms with Crippen LogP contribution < -0.4 is 4.74 Å². The number of amides is 1. The van der Waals surface area contributed by atoms with Gasteiger partial charge in [-0.2, -0.15) is 0 Å². The molecule has 1 aromatic carbocycles. The van der Waals surface area contributed by atoms with Crippen LogP contribution in [0, 0.1) is 0 Å². The maximum absolute atomic E-state index is 12.6. The predicted octanol–water partition coefficient (Wildman–Crippen LogP) is 1.42. The van der Waals surface area contributed by atoms with E-state index in [9.17, 15) is 14.7 Å². The second-order valence-corrected chi connectivity index (χ2v) is 5.83. The Morgan fingerprint density at radius 1 is 1.39 bits per heavy atom. The molecular weight excluding hydrogens is 322 g/mol. The Kier molecular flexibility index (Phi) is 5.85. The average Bonchev–Trinajstić information content (AvgIpc) is 2.54. The molecule has 1 N–H and O–H groups in total. The molecule has 1 saturated heterocycles. The minimum absolute atomic E-state index is 0.0317. The molecule has 0 aliphatic carbocycles. The first-order valence-electron chi connectivity index (χ1n) is 7.35. The van der Waals surface area contributed by atoms with Crippen molar-refractivity contribution >= 4 is 23.5 Å². The minimum Gasteiger partial charge on any atom is -0.496 e. The molecule has 1 heterocycles. The van der Waals surface area contributed by atoms with Crippen molar-refractivity contribution in [2.24, 2.45) is 0 Å². The van der Waals surface area contributed by atoms with Crippen LogP contribution in [0.25, 0.3) is 0 Å². The molecule has 126 valence electrons. The molecule has 0 aromatic heterocycles. The smallest absolute Gasteiger partial charge is 0.331 e. The summed E-state index contributed by atoms with van der Waals surface area (Å²) in [7, 11) is 2.76. The number of ether oxygens (including phenoxy) is 2. The van der Waals surface area contributed by atoms with Crippen LogP contribution in [0.2, 0.25) is 5.02 Å². The zero-order valence-electron chi connectivity index (χ0n) is 13.1. The fourth-order valence-corrected chi connectivity index (χ4v) is 3.00. The van der Waals surface area contributed by atoms with E-state index in [2.05, 4.69) is 0 Å². The lowest BCUT2D eigenvalue weighted by atomic mass is 9.97. The molecule has 2 rings (SSSR count). The molecular formula is C16H20ClNO5. The Labute approximate surface area is 139 Å². The molecule has 0 unspecified atom stereocenters. The van der Waals surface area contributed by atoms with Gasteiger partial charge in [-0.15, -0.1) is 0 Å². The second-order valence-electron chi connectivity index (χ2n) is 5.40. The van der Waals surface area contributed by atoms with Crippen LogP contribution in [0.4, 0.5) is 0 Å².